The average Bonchev–Trinajstić information content (AvgIpc) is 2.53. The highest BCUT2D eigenvalue weighted by atomic mass is 127. The Balaban J connectivity index is 2.53. The third-order valence-electron chi connectivity index (χ3n) is 2.59. The van der Waals surface area contributed by atoms with Gasteiger partial charge >= 0.3 is 0 Å². The van der Waals surface area contributed by atoms with E-state index in [1.54, 1.807) is 23.9 Å². The number of nitro groups is 1. The van der Waals surface area contributed by atoms with Gasteiger partial charge in [-0.2, -0.15) is 0 Å². The molecule has 0 N–H and O–H groups in total. The maximum absolute atomic E-state index is 10.8. The number of thioether (sulfide) groups is 1. The number of nitrogens with zero attached hydrogens (tertiary/aromatic N) is 2. The largest absolute Gasteiger partial charge is 0.358 e. The maximum Gasteiger partial charge on any atom is 0.271 e. The molecule has 0 bridgehead atoms. The molecular weight excluding hydrogens is 339 g/mol. The normalized spacial score (nSPS) is 18.7. The third kappa shape index (κ3) is 1.88. The topological polar surface area (TPSA) is 46.4 Å². The molecule has 1 aromatic rings. The molecular formula is C10H11IN2O2S. The van der Waals surface area contributed by atoms with Crippen LogP contribution >= 0.6 is 34.4 Å². The van der Waals surface area contributed by atoms with E-state index in [-0.39, 0.29) is 10.6 Å². The Hall–Kier alpha value is -0.500. The van der Waals surface area contributed by atoms with Crippen molar-refractivity contribution < 1.29 is 4.92 Å². The summed E-state index contributed by atoms with van der Waals surface area (Å²) in [7, 11) is 0. The van der Waals surface area contributed by atoms with E-state index >= 15 is 0 Å². The fourth-order valence-corrected chi connectivity index (χ4v) is 4.26. The van der Waals surface area contributed by atoms with Crippen LogP contribution in [0, 0.1) is 13.7 Å². The quantitative estimate of drug-likeness (QED) is 0.466. The van der Waals surface area contributed by atoms with Gasteiger partial charge < -0.3 is 4.90 Å². The lowest BCUT2D eigenvalue weighted by Gasteiger charge is -2.22. The predicted molar refractivity (Wildman–Crippen MR) is 74.2 cm³/mol. The molecule has 1 aliphatic heterocycles. The van der Waals surface area contributed by atoms with Crippen molar-refractivity contribution >= 4 is 45.7 Å². The first-order valence-electron chi connectivity index (χ1n) is 4.95. The summed E-state index contributed by atoms with van der Waals surface area (Å²) in [5, 5.41) is 11.1. The first kappa shape index (κ1) is 12.0. The highest BCUT2D eigenvalue weighted by molar-refractivity contribution is 14.1. The summed E-state index contributed by atoms with van der Waals surface area (Å²) in [6.07, 6.45) is 0. The summed E-state index contributed by atoms with van der Waals surface area (Å²) in [4.78, 5) is 13.7. The fraction of sp³-hybridized carbons (Fsp3) is 0.400. The summed E-state index contributed by atoms with van der Waals surface area (Å²) in [5.74, 6) is 0. The van der Waals surface area contributed by atoms with E-state index in [0.29, 0.717) is 5.37 Å². The van der Waals surface area contributed by atoms with Crippen molar-refractivity contribution in [1.29, 1.82) is 0 Å². The van der Waals surface area contributed by atoms with Gasteiger partial charge in [0.25, 0.3) is 5.69 Å². The summed E-state index contributed by atoms with van der Waals surface area (Å²) < 4.78 is 0.959. The number of hydrogen-bond donors (Lipinski definition) is 0. The monoisotopic (exact) mass is 350 g/mol. The molecule has 0 aromatic heterocycles. The smallest absolute Gasteiger partial charge is 0.271 e. The second kappa shape index (κ2) is 4.40. The first-order chi connectivity index (χ1) is 7.54. The number of anilines is 1. The van der Waals surface area contributed by atoms with Crippen LogP contribution in [0.3, 0.4) is 0 Å². The zero-order valence-electron chi connectivity index (χ0n) is 8.94. The van der Waals surface area contributed by atoms with Crippen molar-refractivity contribution in [3.8, 4) is 0 Å². The molecule has 86 valence electrons. The van der Waals surface area contributed by atoms with Crippen molar-refractivity contribution in [1.82, 2.24) is 0 Å². The van der Waals surface area contributed by atoms with Crippen LogP contribution < -0.4 is 4.90 Å². The molecule has 1 unspecified atom stereocenters. The van der Waals surface area contributed by atoms with Gasteiger partial charge in [0.15, 0.2) is 0 Å². The third-order valence-corrected chi connectivity index (χ3v) is 4.57. The predicted octanol–water partition coefficient (Wildman–Crippen LogP) is 3.48. The Morgan fingerprint density at radius 3 is 2.88 bits per heavy atom. The summed E-state index contributed by atoms with van der Waals surface area (Å²) in [6.45, 7) is 5.15. The lowest BCUT2D eigenvalue weighted by Crippen LogP contribution is -2.26. The Labute approximate surface area is 112 Å². The Morgan fingerprint density at radius 2 is 2.31 bits per heavy atom. The molecule has 0 aliphatic carbocycles. The molecule has 0 spiro atoms. The SMILES string of the molecule is CCN1c2c(I)cc([N+](=O)[O-])cc2SC1C. The van der Waals surface area contributed by atoms with Gasteiger partial charge in [-0.1, -0.05) is 11.8 Å². The standard InChI is InChI=1S/C10H11IN2O2S/c1-3-12-6(2)16-9-5-7(13(14)15)4-8(11)10(9)12/h4-6H,3H2,1-2H3. The van der Waals surface area contributed by atoms with Gasteiger partial charge in [-0.15, -0.1) is 0 Å². The van der Waals surface area contributed by atoms with Crippen molar-refractivity contribution in [2.75, 3.05) is 11.4 Å². The lowest BCUT2D eigenvalue weighted by atomic mass is 10.2. The van der Waals surface area contributed by atoms with Crippen LogP contribution in [-0.2, 0) is 0 Å². The fourth-order valence-electron chi connectivity index (χ4n) is 1.88. The summed E-state index contributed by atoms with van der Waals surface area (Å²) >= 11 is 3.86. The second-order valence-electron chi connectivity index (χ2n) is 3.53. The highest BCUT2D eigenvalue weighted by Gasteiger charge is 2.29. The zero-order chi connectivity index (χ0) is 11.9. The lowest BCUT2D eigenvalue weighted by molar-refractivity contribution is -0.385. The van der Waals surface area contributed by atoms with Gasteiger partial charge in [0.05, 0.1) is 16.0 Å². The van der Waals surface area contributed by atoms with Crippen molar-refractivity contribution in [2.45, 2.75) is 24.1 Å². The van der Waals surface area contributed by atoms with Crippen LogP contribution in [-0.4, -0.2) is 16.8 Å². The van der Waals surface area contributed by atoms with Gasteiger partial charge in [-0.05, 0) is 36.4 Å². The van der Waals surface area contributed by atoms with Gasteiger partial charge in [0, 0.05) is 27.1 Å². The Morgan fingerprint density at radius 1 is 1.62 bits per heavy atom. The molecule has 2 rings (SSSR count). The van der Waals surface area contributed by atoms with Crippen LogP contribution in [0.4, 0.5) is 11.4 Å². The number of benzene rings is 1. The molecule has 4 nitrogen and oxygen atoms in total. The number of fused-ring (bicyclic) bond motifs is 1. The molecule has 1 heterocycles. The van der Waals surface area contributed by atoms with Gasteiger partial charge in [-0.25, -0.2) is 0 Å². The minimum absolute atomic E-state index is 0.181. The maximum atomic E-state index is 10.8. The van der Waals surface area contributed by atoms with Gasteiger partial charge in [-0.3, -0.25) is 10.1 Å². The van der Waals surface area contributed by atoms with E-state index in [1.807, 2.05) is 0 Å². The molecule has 6 heteroatoms. The van der Waals surface area contributed by atoms with E-state index in [1.165, 1.54) is 0 Å². The minimum Gasteiger partial charge on any atom is -0.358 e. The Bertz CT molecular complexity index is 453. The van der Waals surface area contributed by atoms with E-state index in [9.17, 15) is 10.1 Å². The van der Waals surface area contributed by atoms with Crippen molar-refractivity contribution in [3.63, 3.8) is 0 Å². The molecule has 0 fully saturated rings. The summed E-state index contributed by atoms with van der Waals surface area (Å²) in [6, 6.07) is 3.31. The van der Waals surface area contributed by atoms with E-state index in [2.05, 4.69) is 41.3 Å². The van der Waals surface area contributed by atoms with Crippen LogP contribution in [0.5, 0.6) is 0 Å². The summed E-state index contributed by atoms with van der Waals surface area (Å²) in [5.41, 5.74) is 1.33. The molecule has 1 aromatic carbocycles. The van der Waals surface area contributed by atoms with E-state index < -0.39 is 0 Å². The van der Waals surface area contributed by atoms with Gasteiger partial charge in [0.2, 0.25) is 0 Å². The molecule has 1 atom stereocenters. The van der Waals surface area contributed by atoms with Crippen LogP contribution in [0.25, 0.3) is 0 Å². The molecule has 0 saturated heterocycles. The number of hydrogen-bond acceptors (Lipinski definition) is 4. The Kier molecular flexibility index (Phi) is 3.29. The number of nitro benzene ring substituents is 1. The average molecular weight is 350 g/mol. The van der Waals surface area contributed by atoms with E-state index in [0.717, 1.165) is 20.7 Å². The number of rotatable bonds is 2. The molecule has 1 aliphatic rings. The zero-order valence-corrected chi connectivity index (χ0v) is 11.9. The van der Waals surface area contributed by atoms with E-state index in [4.69, 9.17) is 0 Å². The molecule has 0 amide bonds. The first-order valence-corrected chi connectivity index (χ1v) is 6.91. The van der Waals surface area contributed by atoms with Crippen LogP contribution in [0.2, 0.25) is 0 Å². The van der Waals surface area contributed by atoms with Crippen molar-refractivity contribution in [3.05, 3.63) is 25.8 Å². The highest BCUT2D eigenvalue weighted by Crippen LogP contribution is 2.47. The van der Waals surface area contributed by atoms with Crippen LogP contribution in [0.15, 0.2) is 17.0 Å². The second-order valence-corrected chi connectivity index (χ2v) is 6.05. The number of halogens is 1. The molecule has 0 saturated carbocycles. The van der Waals surface area contributed by atoms with Crippen molar-refractivity contribution in [2.24, 2.45) is 0 Å². The molecule has 16 heavy (non-hydrogen) atoms. The van der Waals surface area contributed by atoms with Crippen LogP contribution in [0.1, 0.15) is 13.8 Å². The molecule has 0 radical (unpaired) electrons. The van der Waals surface area contributed by atoms with Gasteiger partial charge in [0.1, 0.15) is 0 Å². The number of non-ortho nitro benzene ring substituents is 1. The minimum atomic E-state index is -0.331.